The van der Waals surface area contributed by atoms with Gasteiger partial charge < -0.3 is 5.11 Å². The monoisotopic (exact) mass is 192 g/mol. The fraction of sp³-hybridized carbons (Fsp3) is 0.273. The zero-order valence-electron chi connectivity index (χ0n) is 7.54. The Balaban J connectivity index is 2.89. The van der Waals surface area contributed by atoms with Crippen molar-refractivity contribution < 1.29 is 5.11 Å². The van der Waals surface area contributed by atoms with Crippen LogP contribution in [0.1, 0.15) is 17.5 Å². The Labute approximate surface area is 84.2 Å². The lowest BCUT2D eigenvalue weighted by Crippen LogP contribution is -1.81. The van der Waals surface area contributed by atoms with Gasteiger partial charge in [0, 0.05) is 17.7 Å². The number of thiol groups is 1. The van der Waals surface area contributed by atoms with Gasteiger partial charge in [0.25, 0.3) is 0 Å². The first kappa shape index (κ1) is 10.0. The summed E-state index contributed by atoms with van der Waals surface area (Å²) in [5, 5.41) is 9.21. The van der Waals surface area contributed by atoms with E-state index in [2.05, 4.69) is 24.5 Å². The summed E-state index contributed by atoms with van der Waals surface area (Å²) in [4.78, 5) is 0. The minimum atomic E-state index is 0.265. The standard InChI is InChI=1S/C11H12OS/c1-9-5-6-11(12)8-10(9)4-2-3-7-13/h5-6,8,12-13H,3,7H2,1H3. The predicted molar refractivity (Wildman–Crippen MR) is 58.2 cm³/mol. The second kappa shape index (κ2) is 4.84. The van der Waals surface area contributed by atoms with E-state index in [9.17, 15) is 5.11 Å². The van der Waals surface area contributed by atoms with Gasteiger partial charge in [-0.1, -0.05) is 17.9 Å². The van der Waals surface area contributed by atoms with Gasteiger partial charge in [-0.05, 0) is 24.6 Å². The number of hydrogen-bond acceptors (Lipinski definition) is 2. The maximum Gasteiger partial charge on any atom is 0.116 e. The molecule has 0 spiro atoms. The van der Waals surface area contributed by atoms with E-state index in [4.69, 9.17) is 0 Å². The Hall–Kier alpha value is -1.07. The van der Waals surface area contributed by atoms with Crippen molar-refractivity contribution in [3.05, 3.63) is 29.3 Å². The van der Waals surface area contributed by atoms with Crippen LogP contribution in [0.4, 0.5) is 0 Å². The molecule has 0 fully saturated rings. The highest BCUT2D eigenvalue weighted by Gasteiger charge is 1.94. The van der Waals surface area contributed by atoms with Gasteiger partial charge in [0.2, 0.25) is 0 Å². The molecule has 1 rings (SSSR count). The van der Waals surface area contributed by atoms with Crippen molar-refractivity contribution in [2.75, 3.05) is 5.75 Å². The molecule has 68 valence electrons. The number of benzene rings is 1. The molecule has 1 aromatic carbocycles. The van der Waals surface area contributed by atoms with Gasteiger partial charge >= 0.3 is 0 Å². The van der Waals surface area contributed by atoms with E-state index in [1.807, 2.05) is 13.0 Å². The molecule has 0 aliphatic heterocycles. The molecule has 0 radical (unpaired) electrons. The Morgan fingerprint density at radius 1 is 1.46 bits per heavy atom. The summed E-state index contributed by atoms with van der Waals surface area (Å²) in [5.41, 5.74) is 1.98. The summed E-state index contributed by atoms with van der Waals surface area (Å²) in [6, 6.07) is 5.21. The lowest BCUT2D eigenvalue weighted by atomic mass is 10.1. The van der Waals surface area contributed by atoms with Crippen LogP contribution in [0.3, 0.4) is 0 Å². The molecule has 1 nitrogen and oxygen atoms in total. The van der Waals surface area contributed by atoms with Crippen LogP contribution in [0.15, 0.2) is 18.2 Å². The van der Waals surface area contributed by atoms with Gasteiger partial charge in [-0.15, -0.1) is 0 Å². The fourth-order valence-electron chi connectivity index (χ4n) is 0.958. The Bertz CT molecular complexity index is 347. The number of aromatic hydroxyl groups is 1. The van der Waals surface area contributed by atoms with Crippen LogP contribution in [0.5, 0.6) is 5.75 Å². The van der Waals surface area contributed by atoms with Crippen molar-refractivity contribution >= 4 is 12.6 Å². The summed E-state index contributed by atoms with van der Waals surface area (Å²) >= 11 is 4.06. The average molecular weight is 192 g/mol. The highest BCUT2D eigenvalue weighted by Crippen LogP contribution is 2.14. The first-order valence-electron chi connectivity index (χ1n) is 4.13. The molecular formula is C11H12OS. The van der Waals surface area contributed by atoms with E-state index in [1.165, 1.54) is 0 Å². The van der Waals surface area contributed by atoms with Gasteiger partial charge in [-0.25, -0.2) is 0 Å². The third-order valence-corrected chi connectivity index (χ3v) is 1.90. The summed E-state index contributed by atoms with van der Waals surface area (Å²) in [6.07, 6.45) is 0.776. The molecule has 2 heteroatoms. The minimum absolute atomic E-state index is 0.265. The van der Waals surface area contributed by atoms with Crippen molar-refractivity contribution in [2.45, 2.75) is 13.3 Å². The normalized spacial score (nSPS) is 9.08. The van der Waals surface area contributed by atoms with Crippen molar-refractivity contribution in [1.82, 2.24) is 0 Å². The van der Waals surface area contributed by atoms with Gasteiger partial charge in [0.1, 0.15) is 5.75 Å². The highest BCUT2D eigenvalue weighted by atomic mass is 32.1. The molecule has 0 bridgehead atoms. The van der Waals surface area contributed by atoms with E-state index >= 15 is 0 Å². The number of phenols is 1. The van der Waals surface area contributed by atoms with E-state index in [0.717, 1.165) is 23.3 Å². The molecule has 1 N–H and O–H groups in total. The second-order valence-electron chi connectivity index (χ2n) is 2.77. The first-order valence-corrected chi connectivity index (χ1v) is 4.76. The maximum absolute atomic E-state index is 9.21. The molecule has 0 unspecified atom stereocenters. The molecule has 0 saturated heterocycles. The van der Waals surface area contributed by atoms with Crippen LogP contribution in [-0.2, 0) is 0 Å². The summed E-state index contributed by atoms with van der Waals surface area (Å²) in [6.45, 7) is 1.98. The Morgan fingerprint density at radius 3 is 2.92 bits per heavy atom. The summed E-state index contributed by atoms with van der Waals surface area (Å²) < 4.78 is 0. The van der Waals surface area contributed by atoms with Crippen LogP contribution in [0, 0.1) is 18.8 Å². The fourth-order valence-corrected chi connectivity index (χ4v) is 1.07. The molecule has 1 aromatic rings. The number of hydrogen-bond donors (Lipinski definition) is 2. The van der Waals surface area contributed by atoms with Crippen LogP contribution in [0.25, 0.3) is 0 Å². The third kappa shape index (κ3) is 3.04. The minimum Gasteiger partial charge on any atom is -0.508 e. The lowest BCUT2D eigenvalue weighted by Gasteiger charge is -1.97. The molecule has 0 aliphatic rings. The zero-order chi connectivity index (χ0) is 9.68. The molecule has 13 heavy (non-hydrogen) atoms. The van der Waals surface area contributed by atoms with E-state index in [-0.39, 0.29) is 5.75 Å². The number of aryl methyl sites for hydroxylation is 1. The molecule has 0 aliphatic carbocycles. The van der Waals surface area contributed by atoms with Crippen molar-refractivity contribution in [3.8, 4) is 17.6 Å². The zero-order valence-corrected chi connectivity index (χ0v) is 8.44. The molecule has 0 heterocycles. The highest BCUT2D eigenvalue weighted by molar-refractivity contribution is 7.80. The quantitative estimate of drug-likeness (QED) is 0.517. The second-order valence-corrected chi connectivity index (χ2v) is 3.22. The molecule has 0 atom stereocenters. The molecular weight excluding hydrogens is 180 g/mol. The van der Waals surface area contributed by atoms with Crippen molar-refractivity contribution in [1.29, 1.82) is 0 Å². The Kier molecular flexibility index (Phi) is 3.72. The SMILES string of the molecule is Cc1ccc(O)cc1C#CCCS. The van der Waals surface area contributed by atoms with Gasteiger partial charge in [0.05, 0.1) is 0 Å². The van der Waals surface area contributed by atoms with E-state index in [1.54, 1.807) is 12.1 Å². The van der Waals surface area contributed by atoms with Crippen LogP contribution >= 0.6 is 12.6 Å². The predicted octanol–water partition coefficient (Wildman–Crippen LogP) is 2.37. The smallest absolute Gasteiger partial charge is 0.116 e. The van der Waals surface area contributed by atoms with E-state index in [0.29, 0.717) is 0 Å². The summed E-state index contributed by atoms with van der Waals surface area (Å²) in [5.74, 6) is 7.01. The Morgan fingerprint density at radius 2 is 2.23 bits per heavy atom. The maximum atomic E-state index is 9.21. The van der Waals surface area contributed by atoms with Crippen molar-refractivity contribution in [2.24, 2.45) is 0 Å². The van der Waals surface area contributed by atoms with Crippen LogP contribution in [-0.4, -0.2) is 10.9 Å². The van der Waals surface area contributed by atoms with Crippen LogP contribution < -0.4 is 0 Å². The molecule has 0 saturated carbocycles. The number of phenolic OH excluding ortho intramolecular Hbond substituents is 1. The van der Waals surface area contributed by atoms with Gasteiger partial charge in [0.15, 0.2) is 0 Å². The molecule has 0 amide bonds. The largest absolute Gasteiger partial charge is 0.508 e. The van der Waals surface area contributed by atoms with Crippen molar-refractivity contribution in [3.63, 3.8) is 0 Å². The molecule has 0 aromatic heterocycles. The average Bonchev–Trinajstić information content (AvgIpc) is 2.11. The number of rotatable bonds is 1. The summed E-state index contributed by atoms with van der Waals surface area (Å²) in [7, 11) is 0. The van der Waals surface area contributed by atoms with E-state index < -0.39 is 0 Å². The lowest BCUT2D eigenvalue weighted by molar-refractivity contribution is 0.475. The van der Waals surface area contributed by atoms with Crippen LogP contribution in [0.2, 0.25) is 0 Å². The van der Waals surface area contributed by atoms with Gasteiger partial charge in [-0.2, -0.15) is 12.6 Å². The first-order chi connectivity index (χ1) is 6.24. The van der Waals surface area contributed by atoms with Gasteiger partial charge in [-0.3, -0.25) is 0 Å². The third-order valence-electron chi connectivity index (χ3n) is 1.68. The topological polar surface area (TPSA) is 20.2 Å².